The molecule has 1 aromatic rings. The van der Waals surface area contributed by atoms with Crippen LogP contribution in [0.4, 0.5) is 23.2 Å². The van der Waals surface area contributed by atoms with Gasteiger partial charge >= 0.3 is 0 Å². The predicted octanol–water partition coefficient (Wildman–Crippen LogP) is 3.09. The van der Waals surface area contributed by atoms with E-state index in [0.29, 0.717) is 19.0 Å². The molecule has 15 heavy (non-hydrogen) atoms. The Kier molecular flexibility index (Phi) is 3.55. The minimum Gasteiger partial charge on any atom is -0.372 e. The maximum Gasteiger partial charge on any atom is 0.199 e. The molecule has 0 atom stereocenters. The van der Waals surface area contributed by atoms with E-state index in [1.165, 1.54) is 11.9 Å². The second-order valence-corrected chi connectivity index (χ2v) is 3.24. The highest BCUT2D eigenvalue weighted by Gasteiger charge is 2.20. The van der Waals surface area contributed by atoms with Gasteiger partial charge in [0.15, 0.2) is 23.3 Å². The number of hydrogen-bond acceptors (Lipinski definition) is 1. The number of nitrogens with zero attached hydrogens (tertiary/aromatic N) is 1. The molecule has 84 valence electrons. The van der Waals surface area contributed by atoms with E-state index in [9.17, 15) is 17.6 Å². The predicted molar refractivity (Wildman–Crippen MR) is 49.8 cm³/mol. The Morgan fingerprint density at radius 3 is 2.20 bits per heavy atom. The van der Waals surface area contributed by atoms with Gasteiger partial charge in [-0.15, -0.1) is 0 Å². The third-order valence-corrected chi connectivity index (χ3v) is 2.05. The van der Waals surface area contributed by atoms with Crippen molar-refractivity contribution in [2.24, 2.45) is 0 Å². The summed E-state index contributed by atoms with van der Waals surface area (Å²) in [7, 11) is 1.48. The van der Waals surface area contributed by atoms with Gasteiger partial charge in [-0.05, 0) is 6.42 Å². The Morgan fingerprint density at radius 1 is 1.07 bits per heavy atom. The van der Waals surface area contributed by atoms with Gasteiger partial charge in [0.1, 0.15) is 0 Å². The van der Waals surface area contributed by atoms with Gasteiger partial charge in [-0.25, -0.2) is 17.6 Å². The van der Waals surface area contributed by atoms with Crippen LogP contribution in [0.5, 0.6) is 0 Å². The van der Waals surface area contributed by atoms with Crippen molar-refractivity contribution in [2.75, 3.05) is 18.5 Å². The van der Waals surface area contributed by atoms with Crippen LogP contribution in [0.15, 0.2) is 6.07 Å². The van der Waals surface area contributed by atoms with Crippen molar-refractivity contribution in [3.05, 3.63) is 29.3 Å². The molecule has 0 aliphatic rings. The van der Waals surface area contributed by atoms with Crippen molar-refractivity contribution in [3.8, 4) is 0 Å². The van der Waals surface area contributed by atoms with Crippen molar-refractivity contribution < 1.29 is 17.6 Å². The summed E-state index contributed by atoms with van der Waals surface area (Å²) >= 11 is 0. The molecule has 0 aromatic heterocycles. The average molecular weight is 221 g/mol. The summed E-state index contributed by atoms with van der Waals surface area (Å²) in [4.78, 5) is 1.33. The van der Waals surface area contributed by atoms with E-state index in [4.69, 9.17) is 0 Å². The van der Waals surface area contributed by atoms with Crippen LogP contribution >= 0.6 is 0 Å². The first-order valence-corrected chi connectivity index (χ1v) is 4.53. The molecule has 0 heterocycles. The minimum absolute atomic E-state index is 0.270. The summed E-state index contributed by atoms with van der Waals surface area (Å²) in [6.45, 7) is 2.27. The Hall–Kier alpha value is -1.26. The van der Waals surface area contributed by atoms with Crippen LogP contribution in [0.3, 0.4) is 0 Å². The molecule has 0 saturated carbocycles. The smallest absolute Gasteiger partial charge is 0.199 e. The normalized spacial score (nSPS) is 10.5. The Bertz CT molecular complexity index is 365. The summed E-state index contributed by atoms with van der Waals surface area (Å²) in [6.07, 6.45) is 0.691. The molecule has 0 fully saturated rings. The molecule has 5 heteroatoms. The van der Waals surface area contributed by atoms with Gasteiger partial charge in [0.2, 0.25) is 0 Å². The molecule has 0 aliphatic carbocycles. The van der Waals surface area contributed by atoms with Crippen molar-refractivity contribution in [1.82, 2.24) is 0 Å². The van der Waals surface area contributed by atoms with Crippen LogP contribution < -0.4 is 4.90 Å². The fourth-order valence-corrected chi connectivity index (χ4v) is 1.29. The maximum absolute atomic E-state index is 13.2. The summed E-state index contributed by atoms with van der Waals surface area (Å²) in [5, 5.41) is 0. The van der Waals surface area contributed by atoms with Crippen molar-refractivity contribution >= 4 is 5.69 Å². The van der Waals surface area contributed by atoms with E-state index in [0.717, 1.165) is 0 Å². The lowest BCUT2D eigenvalue weighted by Gasteiger charge is -2.19. The molecule has 0 aliphatic heterocycles. The second-order valence-electron chi connectivity index (χ2n) is 3.24. The van der Waals surface area contributed by atoms with E-state index in [2.05, 4.69) is 0 Å². The first kappa shape index (κ1) is 11.8. The summed E-state index contributed by atoms with van der Waals surface area (Å²) in [5.41, 5.74) is -0.270. The average Bonchev–Trinajstić information content (AvgIpc) is 2.20. The van der Waals surface area contributed by atoms with E-state index in [1.807, 2.05) is 6.92 Å². The fourth-order valence-electron chi connectivity index (χ4n) is 1.29. The lowest BCUT2D eigenvalue weighted by molar-refractivity contribution is 0.409. The molecule has 0 bridgehead atoms. The molecule has 1 nitrogen and oxygen atoms in total. The van der Waals surface area contributed by atoms with E-state index in [-0.39, 0.29) is 5.69 Å². The third kappa shape index (κ3) is 2.22. The van der Waals surface area contributed by atoms with E-state index in [1.54, 1.807) is 0 Å². The minimum atomic E-state index is -1.78. The van der Waals surface area contributed by atoms with Gasteiger partial charge in [0.25, 0.3) is 0 Å². The molecule has 0 saturated heterocycles. The van der Waals surface area contributed by atoms with Crippen molar-refractivity contribution in [3.63, 3.8) is 0 Å². The van der Waals surface area contributed by atoms with Crippen LogP contribution in [0.2, 0.25) is 0 Å². The molecule has 0 N–H and O–H groups in total. The van der Waals surface area contributed by atoms with Gasteiger partial charge in [-0.1, -0.05) is 6.92 Å². The van der Waals surface area contributed by atoms with E-state index < -0.39 is 23.3 Å². The Morgan fingerprint density at radius 2 is 1.67 bits per heavy atom. The molecule has 0 radical (unpaired) electrons. The van der Waals surface area contributed by atoms with Gasteiger partial charge in [0, 0.05) is 19.7 Å². The Balaban J connectivity index is 3.19. The first-order valence-electron chi connectivity index (χ1n) is 4.53. The topological polar surface area (TPSA) is 3.24 Å². The summed E-state index contributed by atoms with van der Waals surface area (Å²) in [6, 6.07) is 0.656. The highest BCUT2D eigenvalue weighted by atomic mass is 19.2. The molecular weight excluding hydrogens is 210 g/mol. The van der Waals surface area contributed by atoms with E-state index >= 15 is 0 Å². The highest BCUT2D eigenvalue weighted by Crippen LogP contribution is 2.25. The van der Waals surface area contributed by atoms with Crippen LogP contribution in [0.1, 0.15) is 13.3 Å². The maximum atomic E-state index is 13.2. The van der Waals surface area contributed by atoms with Crippen molar-refractivity contribution in [1.29, 1.82) is 0 Å². The lowest BCUT2D eigenvalue weighted by Crippen LogP contribution is -2.20. The molecule has 1 aromatic carbocycles. The van der Waals surface area contributed by atoms with Gasteiger partial charge in [-0.3, -0.25) is 0 Å². The highest BCUT2D eigenvalue weighted by molar-refractivity contribution is 5.48. The molecule has 1 rings (SSSR count). The largest absolute Gasteiger partial charge is 0.372 e. The quantitative estimate of drug-likeness (QED) is 0.430. The van der Waals surface area contributed by atoms with Crippen LogP contribution in [0.25, 0.3) is 0 Å². The van der Waals surface area contributed by atoms with Crippen LogP contribution in [-0.4, -0.2) is 13.6 Å². The Labute approximate surface area is 85.3 Å². The van der Waals surface area contributed by atoms with Gasteiger partial charge < -0.3 is 4.90 Å². The number of halogens is 4. The zero-order valence-electron chi connectivity index (χ0n) is 8.45. The summed E-state index contributed by atoms with van der Waals surface area (Å²) < 4.78 is 51.5. The van der Waals surface area contributed by atoms with Gasteiger partial charge in [-0.2, -0.15) is 0 Å². The number of benzene rings is 1. The molecule has 0 spiro atoms. The number of rotatable bonds is 3. The SMILES string of the molecule is CCCN(C)c1cc(F)c(F)c(F)c1F. The zero-order chi connectivity index (χ0) is 11.6. The second kappa shape index (κ2) is 4.51. The van der Waals surface area contributed by atoms with Crippen LogP contribution in [0, 0.1) is 23.3 Å². The monoisotopic (exact) mass is 221 g/mol. The molecule has 0 amide bonds. The number of hydrogen-bond donors (Lipinski definition) is 0. The van der Waals surface area contributed by atoms with Gasteiger partial charge in [0.05, 0.1) is 5.69 Å². The summed E-state index contributed by atoms with van der Waals surface area (Å²) in [5.74, 6) is -6.29. The molecule has 0 unspecified atom stereocenters. The number of anilines is 1. The standard InChI is InChI=1S/C10H11F4N/c1-3-4-15(2)7-5-6(11)8(12)10(14)9(7)13/h5H,3-4H2,1-2H3. The zero-order valence-corrected chi connectivity index (χ0v) is 8.45. The third-order valence-electron chi connectivity index (χ3n) is 2.05. The van der Waals surface area contributed by atoms with Crippen molar-refractivity contribution in [2.45, 2.75) is 13.3 Å². The first-order chi connectivity index (χ1) is 6.99. The van der Waals surface area contributed by atoms with Crippen LogP contribution in [-0.2, 0) is 0 Å². The fraction of sp³-hybridized carbons (Fsp3) is 0.400. The lowest BCUT2D eigenvalue weighted by atomic mass is 10.2. The molecular formula is C10H11F4N.